The number of ether oxygens (including phenoxy) is 1. The lowest BCUT2D eigenvalue weighted by Gasteiger charge is -2.29. The Kier molecular flexibility index (Phi) is 5.14. The fourth-order valence-corrected chi connectivity index (χ4v) is 4.47. The minimum Gasteiger partial charge on any atom is -0.479 e. The van der Waals surface area contributed by atoms with E-state index < -0.39 is 17.7 Å². The number of carboxylic acid groups (broad SMARTS) is 1. The van der Waals surface area contributed by atoms with Gasteiger partial charge in [-0.15, -0.1) is 0 Å². The maximum absolute atomic E-state index is 12.5. The van der Waals surface area contributed by atoms with Crippen molar-refractivity contribution >= 4 is 27.8 Å². The Labute approximate surface area is 182 Å². The zero-order valence-electron chi connectivity index (χ0n) is 19.0. The first-order chi connectivity index (χ1) is 14.6. The van der Waals surface area contributed by atoms with Crippen LogP contribution in [0.1, 0.15) is 49.1 Å². The van der Waals surface area contributed by atoms with Gasteiger partial charge in [-0.05, 0) is 69.9 Å². The van der Waals surface area contributed by atoms with Crippen LogP contribution in [-0.2, 0) is 9.53 Å². The molecular formula is C27H29NO3. The van der Waals surface area contributed by atoms with Crippen LogP contribution in [0.4, 0.5) is 0 Å². The summed E-state index contributed by atoms with van der Waals surface area (Å²) in [6, 6.07) is 16.5. The Balaban J connectivity index is 2.16. The third kappa shape index (κ3) is 3.72. The van der Waals surface area contributed by atoms with Crippen LogP contribution in [0.5, 0.6) is 0 Å². The number of aliphatic carboxylic acids is 1. The molecule has 1 atom stereocenters. The van der Waals surface area contributed by atoms with Crippen molar-refractivity contribution in [3.8, 4) is 11.1 Å². The fraction of sp³-hybridized carbons (Fsp3) is 0.296. The highest BCUT2D eigenvalue weighted by molar-refractivity contribution is 6.12. The van der Waals surface area contributed by atoms with Crippen molar-refractivity contribution in [1.29, 1.82) is 0 Å². The average molecular weight is 416 g/mol. The van der Waals surface area contributed by atoms with Crippen molar-refractivity contribution in [1.82, 2.24) is 4.98 Å². The van der Waals surface area contributed by atoms with Gasteiger partial charge in [-0.3, -0.25) is 0 Å². The summed E-state index contributed by atoms with van der Waals surface area (Å²) in [5, 5.41) is 12.5. The number of rotatable bonds is 4. The summed E-state index contributed by atoms with van der Waals surface area (Å²) in [4.78, 5) is 16.0. The molecule has 3 aromatic carbocycles. The van der Waals surface area contributed by atoms with Gasteiger partial charge in [0, 0.05) is 21.9 Å². The highest BCUT2D eigenvalue weighted by Crippen LogP contribution is 2.44. The van der Waals surface area contributed by atoms with Gasteiger partial charge in [-0.1, -0.05) is 48.0 Å². The molecule has 0 spiro atoms. The number of aromatic nitrogens is 1. The van der Waals surface area contributed by atoms with Crippen molar-refractivity contribution in [3.63, 3.8) is 0 Å². The van der Waals surface area contributed by atoms with Crippen molar-refractivity contribution in [2.75, 3.05) is 0 Å². The number of nitrogens with one attached hydrogen (secondary N) is 1. The number of hydrogen-bond donors (Lipinski definition) is 2. The van der Waals surface area contributed by atoms with E-state index in [9.17, 15) is 9.90 Å². The molecule has 0 amide bonds. The molecular weight excluding hydrogens is 386 g/mol. The molecule has 2 N–H and O–H groups in total. The summed E-state index contributed by atoms with van der Waals surface area (Å²) >= 11 is 0. The van der Waals surface area contributed by atoms with Crippen LogP contribution in [0.25, 0.3) is 32.9 Å². The predicted molar refractivity (Wildman–Crippen MR) is 127 cm³/mol. The first-order valence-electron chi connectivity index (χ1n) is 10.6. The molecule has 4 aromatic rings. The highest BCUT2D eigenvalue weighted by atomic mass is 16.5. The zero-order chi connectivity index (χ0) is 22.5. The molecule has 0 aliphatic carbocycles. The second-order valence-corrected chi connectivity index (χ2v) is 9.27. The van der Waals surface area contributed by atoms with Crippen LogP contribution in [-0.4, -0.2) is 21.7 Å². The Hall–Kier alpha value is -3.11. The number of carboxylic acids is 1. The number of para-hydroxylation sites is 1. The Morgan fingerprint density at radius 1 is 0.968 bits per heavy atom. The van der Waals surface area contributed by atoms with Gasteiger partial charge in [0.2, 0.25) is 0 Å². The maximum Gasteiger partial charge on any atom is 0.337 e. The van der Waals surface area contributed by atoms with Crippen LogP contribution in [0, 0.1) is 20.8 Å². The monoisotopic (exact) mass is 415 g/mol. The smallest absolute Gasteiger partial charge is 0.337 e. The van der Waals surface area contributed by atoms with Gasteiger partial charge in [0.15, 0.2) is 6.10 Å². The zero-order valence-corrected chi connectivity index (χ0v) is 19.0. The summed E-state index contributed by atoms with van der Waals surface area (Å²) < 4.78 is 6.12. The number of hydrogen-bond acceptors (Lipinski definition) is 2. The first kappa shape index (κ1) is 21.1. The number of aromatic amines is 1. The van der Waals surface area contributed by atoms with Gasteiger partial charge < -0.3 is 14.8 Å². The van der Waals surface area contributed by atoms with E-state index in [1.165, 1.54) is 0 Å². The van der Waals surface area contributed by atoms with Crippen LogP contribution in [0.2, 0.25) is 0 Å². The summed E-state index contributed by atoms with van der Waals surface area (Å²) in [6.45, 7) is 11.8. The molecule has 4 rings (SSSR count). The van der Waals surface area contributed by atoms with Crippen molar-refractivity contribution < 1.29 is 14.6 Å². The summed E-state index contributed by atoms with van der Waals surface area (Å²) in [7, 11) is 0. The van der Waals surface area contributed by atoms with E-state index in [1.807, 2.05) is 39.8 Å². The number of benzene rings is 3. The first-order valence-corrected chi connectivity index (χ1v) is 10.6. The third-order valence-corrected chi connectivity index (χ3v) is 5.80. The van der Waals surface area contributed by atoms with Gasteiger partial charge >= 0.3 is 5.97 Å². The normalized spacial score (nSPS) is 13.1. The number of fused-ring (bicyclic) bond motifs is 3. The van der Waals surface area contributed by atoms with Crippen molar-refractivity contribution in [3.05, 3.63) is 70.8 Å². The quantitative estimate of drug-likeness (QED) is 0.383. The minimum absolute atomic E-state index is 0.608. The van der Waals surface area contributed by atoms with Gasteiger partial charge in [0.25, 0.3) is 0 Å². The molecule has 0 bridgehead atoms. The molecule has 0 radical (unpaired) electrons. The number of aryl methyl sites for hydroxylation is 3. The molecule has 1 heterocycles. The molecule has 0 aliphatic rings. The SMILES string of the molecule is Cc1ccc(-c2c([C@H](OC(C)(C)C)C(=O)O)c(C)c3[nH]c4ccccc4c3c2C)cc1. The molecule has 0 unspecified atom stereocenters. The molecule has 160 valence electrons. The maximum atomic E-state index is 12.5. The molecule has 1 aromatic heterocycles. The highest BCUT2D eigenvalue weighted by Gasteiger charge is 2.33. The van der Waals surface area contributed by atoms with Crippen molar-refractivity contribution in [2.24, 2.45) is 0 Å². The van der Waals surface area contributed by atoms with Gasteiger partial charge in [0.1, 0.15) is 0 Å². The van der Waals surface area contributed by atoms with E-state index in [2.05, 4.69) is 55.2 Å². The van der Waals surface area contributed by atoms with E-state index in [1.54, 1.807) is 0 Å². The largest absolute Gasteiger partial charge is 0.479 e. The van der Waals surface area contributed by atoms with E-state index in [-0.39, 0.29) is 0 Å². The fourth-order valence-electron chi connectivity index (χ4n) is 4.47. The van der Waals surface area contributed by atoms with E-state index in [0.717, 1.165) is 49.6 Å². The van der Waals surface area contributed by atoms with E-state index in [4.69, 9.17) is 4.74 Å². The molecule has 0 saturated heterocycles. The molecule has 4 heteroatoms. The molecule has 0 fully saturated rings. The predicted octanol–water partition coefficient (Wildman–Crippen LogP) is 6.85. The second-order valence-electron chi connectivity index (χ2n) is 9.27. The van der Waals surface area contributed by atoms with Gasteiger partial charge in [0.05, 0.1) is 11.1 Å². The Morgan fingerprint density at radius 3 is 2.23 bits per heavy atom. The van der Waals surface area contributed by atoms with Crippen LogP contribution in [0.15, 0.2) is 48.5 Å². The minimum atomic E-state index is -1.08. The van der Waals surface area contributed by atoms with Gasteiger partial charge in [-0.25, -0.2) is 4.79 Å². The molecule has 0 aliphatic heterocycles. The van der Waals surface area contributed by atoms with Crippen LogP contribution < -0.4 is 0 Å². The van der Waals surface area contributed by atoms with Gasteiger partial charge in [-0.2, -0.15) is 0 Å². The number of carbonyl (C=O) groups is 1. The molecule has 0 saturated carbocycles. The standard InChI is InChI=1S/C27H29NO3/c1-15-11-13-18(14-12-15)21-16(2)22-19-9-7-8-10-20(19)28-24(22)17(3)23(21)25(26(29)30)31-27(4,5)6/h7-14,25,28H,1-6H3,(H,29,30)/t25-/m0/s1. The lowest BCUT2D eigenvalue weighted by Crippen LogP contribution is -2.28. The second kappa shape index (κ2) is 7.54. The lowest BCUT2D eigenvalue weighted by atomic mass is 9.85. The lowest BCUT2D eigenvalue weighted by molar-refractivity contribution is -0.160. The third-order valence-electron chi connectivity index (χ3n) is 5.80. The molecule has 31 heavy (non-hydrogen) atoms. The van der Waals surface area contributed by atoms with Crippen molar-refractivity contribution in [2.45, 2.75) is 53.2 Å². The van der Waals surface area contributed by atoms with E-state index >= 15 is 0 Å². The van der Waals surface area contributed by atoms with E-state index in [0.29, 0.717) is 5.56 Å². The molecule has 4 nitrogen and oxygen atoms in total. The summed E-state index contributed by atoms with van der Waals surface area (Å²) in [5.41, 5.74) is 7.17. The Bertz CT molecular complexity index is 1290. The summed E-state index contributed by atoms with van der Waals surface area (Å²) in [5.74, 6) is -0.985. The average Bonchev–Trinajstić information content (AvgIpc) is 3.09. The number of H-pyrrole nitrogens is 1. The van der Waals surface area contributed by atoms with Crippen LogP contribution >= 0.6 is 0 Å². The summed E-state index contributed by atoms with van der Waals surface area (Å²) in [6.07, 6.45) is -1.08. The topological polar surface area (TPSA) is 62.3 Å². The van der Waals surface area contributed by atoms with Crippen LogP contribution in [0.3, 0.4) is 0 Å². The Morgan fingerprint density at radius 2 is 1.61 bits per heavy atom.